The Morgan fingerprint density at radius 2 is 1.65 bits per heavy atom. The Hall–Kier alpha value is -3.96. The largest absolute Gasteiger partial charge is 0.454 e. The van der Waals surface area contributed by atoms with Crippen LogP contribution in [0.1, 0.15) is 12.0 Å². The Morgan fingerprint density at radius 3 is 2.38 bits per heavy atom. The number of benzene rings is 3. The third-order valence-electron chi connectivity index (χ3n) is 6.75. The van der Waals surface area contributed by atoms with E-state index in [-0.39, 0.29) is 18.4 Å². The molecule has 0 radical (unpaired) electrons. The molecule has 40 heavy (non-hydrogen) atoms. The van der Waals surface area contributed by atoms with E-state index in [1.54, 1.807) is 42.5 Å². The fraction of sp³-hybridized carbons (Fsp3) is 0.286. The van der Waals surface area contributed by atoms with Crippen LogP contribution in [-0.2, 0) is 21.2 Å². The molecule has 1 N–H and O–H groups in total. The van der Waals surface area contributed by atoms with Gasteiger partial charge in [-0.3, -0.25) is 4.79 Å². The smallest absolute Gasteiger partial charge is 0.340 e. The molecule has 3 aromatic carbocycles. The van der Waals surface area contributed by atoms with Gasteiger partial charge < -0.3 is 24.6 Å². The first-order valence-electron chi connectivity index (χ1n) is 12.8. The van der Waals surface area contributed by atoms with E-state index in [1.807, 2.05) is 34.1 Å². The average Bonchev–Trinajstić information content (AvgIpc) is 3.40. The molecule has 0 bridgehead atoms. The van der Waals surface area contributed by atoms with E-state index in [9.17, 15) is 18.0 Å². The Bertz CT molecular complexity index is 1510. The molecule has 0 aromatic heterocycles. The van der Waals surface area contributed by atoms with Crippen molar-refractivity contribution < 1.29 is 27.5 Å². The Morgan fingerprint density at radius 1 is 0.950 bits per heavy atom. The number of anilines is 3. The Balaban J connectivity index is 1.27. The predicted molar refractivity (Wildman–Crippen MR) is 154 cm³/mol. The zero-order valence-electron chi connectivity index (χ0n) is 21.9. The average molecular weight is 585 g/mol. The number of carbonyl (C=O) groups is 2. The van der Waals surface area contributed by atoms with Gasteiger partial charge in [-0.15, -0.1) is 0 Å². The number of ether oxygens (including phenoxy) is 2. The number of urea groups is 1. The summed E-state index contributed by atoms with van der Waals surface area (Å²) in [5.74, 6) is 1.07. The third kappa shape index (κ3) is 6.26. The molecule has 0 atom stereocenters. The number of halogens is 1. The van der Waals surface area contributed by atoms with Gasteiger partial charge in [-0.05, 0) is 48.4 Å². The molecule has 0 unspecified atom stereocenters. The highest BCUT2D eigenvalue weighted by molar-refractivity contribution is 7.92. The first-order valence-corrected chi connectivity index (χ1v) is 15.0. The lowest BCUT2D eigenvalue weighted by atomic mass is 10.1. The summed E-state index contributed by atoms with van der Waals surface area (Å²) >= 11 is 5.94. The van der Waals surface area contributed by atoms with Crippen LogP contribution < -0.4 is 24.0 Å². The zero-order valence-corrected chi connectivity index (χ0v) is 23.5. The van der Waals surface area contributed by atoms with E-state index in [1.165, 1.54) is 0 Å². The molecular formula is C28H29ClN4O6S. The van der Waals surface area contributed by atoms with Crippen LogP contribution in [0.3, 0.4) is 0 Å². The van der Waals surface area contributed by atoms with Gasteiger partial charge in [0.15, 0.2) is 11.5 Å². The normalized spacial score (nSPS) is 14.7. The monoisotopic (exact) mass is 584 g/mol. The van der Waals surface area contributed by atoms with Crippen LogP contribution in [0.4, 0.5) is 21.9 Å². The number of nitrogens with zero attached hydrogens (tertiary/aromatic N) is 3. The van der Waals surface area contributed by atoms with Crippen molar-refractivity contribution in [2.45, 2.75) is 12.8 Å². The first kappa shape index (κ1) is 27.6. The number of aryl methyl sites for hydroxylation is 1. The highest BCUT2D eigenvalue weighted by Gasteiger charge is 2.31. The van der Waals surface area contributed by atoms with Gasteiger partial charge in [-0.1, -0.05) is 35.9 Å². The number of nitrogens with one attached hydrogen (secondary N) is 1. The number of piperazine rings is 1. The molecule has 2 heterocycles. The number of rotatable bonds is 7. The molecule has 1 fully saturated rings. The van der Waals surface area contributed by atoms with E-state index in [2.05, 4.69) is 5.32 Å². The SMILES string of the molecule is CS(=O)(=O)N(C(=O)Nc1ccc2c(c1)OCO2)c1ccccc1N1CCN(C(=O)CCc2ccc(Cl)cc2)CC1. The van der Waals surface area contributed by atoms with Crippen LogP contribution in [0.5, 0.6) is 11.5 Å². The lowest BCUT2D eigenvalue weighted by Crippen LogP contribution is -2.49. The van der Waals surface area contributed by atoms with Gasteiger partial charge in [0.05, 0.1) is 17.6 Å². The van der Waals surface area contributed by atoms with Crippen LogP contribution in [0, 0.1) is 0 Å². The second kappa shape index (κ2) is 11.6. The molecule has 10 nitrogen and oxygen atoms in total. The molecule has 0 spiro atoms. The summed E-state index contributed by atoms with van der Waals surface area (Å²) < 4.78 is 37.2. The van der Waals surface area contributed by atoms with E-state index >= 15 is 0 Å². The first-order chi connectivity index (χ1) is 19.2. The van der Waals surface area contributed by atoms with Crippen LogP contribution >= 0.6 is 11.6 Å². The summed E-state index contributed by atoms with van der Waals surface area (Å²) in [6.45, 7) is 2.03. The van der Waals surface area contributed by atoms with E-state index in [4.69, 9.17) is 21.1 Å². The van der Waals surface area contributed by atoms with E-state index < -0.39 is 16.1 Å². The van der Waals surface area contributed by atoms with Gasteiger partial charge in [-0.25, -0.2) is 13.2 Å². The molecule has 0 aliphatic carbocycles. The van der Waals surface area contributed by atoms with E-state index in [0.29, 0.717) is 66.9 Å². The minimum Gasteiger partial charge on any atom is -0.454 e. The van der Waals surface area contributed by atoms with Crippen molar-refractivity contribution in [2.75, 3.05) is 53.7 Å². The number of hydrogen-bond acceptors (Lipinski definition) is 7. The van der Waals surface area contributed by atoms with Gasteiger partial charge >= 0.3 is 6.03 Å². The highest BCUT2D eigenvalue weighted by Crippen LogP contribution is 2.36. The standard InChI is InChI=1S/C28H29ClN4O6S/c1-40(36,37)33(28(35)30-22-11-12-25-26(18-22)39-19-38-25)24-5-3-2-4-23(24)31-14-16-32(17-15-31)27(34)13-8-20-6-9-21(29)10-7-20/h2-7,9-12,18H,8,13-17,19H2,1H3,(H,30,35). The van der Waals surface area contributed by atoms with Crippen molar-refractivity contribution in [3.8, 4) is 11.5 Å². The Labute approximate surface area is 238 Å². The van der Waals surface area contributed by atoms with Crippen molar-refractivity contribution in [3.63, 3.8) is 0 Å². The van der Waals surface area contributed by atoms with E-state index in [0.717, 1.165) is 16.1 Å². The molecule has 2 aliphatic rings. The van der Waals surface area contributed by atoms with Gasteiger partial charge in [0, 0.05) is 49.4 Å². The minimum atomic E-state index is -4.00. The van der Waals surface area contributed by atoms with Crippen molar-refractivity contribution in [2.24, 2.45) is 0 Å². The summed E-state index contributed by atoms with van der Waals surface area (Å²) in [6.07, 6.45) is 2.00. The fourth-order valence-electron chi connectivity index (χ4n) is 4.75. The number of hydrogen-bond donors (Lipinski definition) is 1. The number of fused-ring (bicyclic) bond motifs is 1. The number of para-hydroxylation sites is 2. The van der Waals surface area contributed by atoms with Crippen molar-refractivity contribution >= 4 is 50.6 Å². The van der Waals surface area contributed by atoms with Gasteiger partial charge in [0.2, 0.25) is 22.7 Å². The van der Waals surface area contributed by atoms with Crippen LogP contribution in [0.15, 0.2) is 66.7 Å². The zero-order chi connectivity index (χ0) is 28.3. The Kier molecular flexibility index (Phi) is 8.04. The molecule has 3 amide bonds. The molecule has 1 saturated heterocycles. The maximum Gasteiger partial charge on any atom is 0.340 e. The van der Waals surface area contributed by atoms with Gasteiger partial charge in [0.25, 0.3) is 0 Å². The minimum absolute atomic E-state index is 0.0590. The quantitative estimate of drug-likeness (QED) is 0.440. The van der Waals surface area contributed by atoms with Crippen LogP contribution in [0.2, 0.25) is 5.02 Å². The van der Waals surface area contributed by atoms with Gasteiger partial charge in [0.1, 0.15) is 0 Å². The molecule has 0 saturated carbocycles. The second-order valence-electron chi connectivity index (χ2n) is 9.51. The summed E-state index contributed by atoms with van der Waals surface area (Å²) in [4.78, 5) is 30.0. The number of sulfonamides is 1. The van der Waals surface area contributed by atoms with Crippen molar-refractivity contribution in [1.82, 2.24) is 4.90 Å². The van der Waals surface area contributed by atoms with Crippen molar-refractivity contribution in [3.05, 3.63) is 77.3 Å². The fourth-order valence-corrected chi connectivity index (χ4v) is 5.73. The highest BCUT2D eigenvalue weighted by atomic mass is 35.5. The summed E-state index contributed by atoms with van der Waals surface area (Å²) in [7, 11) is -4.00. The van der Waals surface area contributed by atoms with Crippen LogP contribution in [-0.4, -0.2) is 64.5 Å². The molecular weight excluding hydrogens is 556 g/mol. The number of amides is 3. The number of carbonyl (C=O) groups excluding carboxylic acids is 2. The maximum atomic E-state index is 13.3. The molecule has 2 aliphatic heterocycles. The topological polar surface area (TPSA) is 108 Å². The third-order valence-corrected chi connectivity index (χ3v) is 8.03. The summed E-state index contributed by atoms with van der Waals surface area (Å²) in [5, 5.41) is 3.31. The second-order valence-corrected chi connectivity index (χ2v) is 11.8. The predicted octanol–water partition coefficient (Wildman–Crippen LogP) is 4.35. The molecule has 5 rings (SSSR count). The lowest BCUT2D eigenvalue weighted by molar-refractivity contribution is -0.131. The van der Waals surface area contributed by atoms with Crippen LogP contribution in [0.25, 0.3) is 0 Å². The summed E-state index contributed by atoms with van der Waals surface area (Å²) in [5.41, 5.74) is 2.23. The maximum absolute atomic E-state index is 13.3. The lowest BCUT2D eigenvalue weighted by Gasteiger charge is -2.38. The van der Waals surface area contributed by atoms with Crippen molar-refractivity contribution in [1.29, 1.82) is 0 Å². The molecule has 12 heteroatoms. The molecule has 210 valence electrons. The molecule has 3 aromatic rings. The summed E-state index contributed by atoms with van der Waals surface area (Å²) in [6, 6.07) is 18.3. The van der Waals surface area contributed by atoms with Gasteiger partial charge in [-0.2, -0.15) is 4.31 Å².